The van der Waals surface area contributed by atoms with Crippen molar-refractivity contribution in [3.8, 4) is 0 Å². The molecule has 1 aliphatic rings. The summed E-state index contributed by atoms with van der Waals surface area (Å²) in [7, 11) is 0. The minimum atomic E-state index is -0.590. The molecule has 1 aliphatic heterocycles. The van der Waals surface area contributed by atoms with Crippen LogP contribution >= 0.6 is 0 Å². The summed E-state index contributed by atoms with van der Waals surface area (Å²) in [6.45, 7) is 1.81. The molecule has 5 heteroatoms. The van der Waals surface area contributed by atoms with Gasteiger partial charge in [-0.3, -0.25) is 4.79 Å². The van der Waals surface area contributed by atoms with Crippen LogP contribution in [0.4, 0.5) is 4.79 Å². The third-order valence-corrected chi connectivity index (χ3v) is 1.57. The number of carbonyl (C=O) groups excluding carboxylic acids is 2. The maximum absolute atomic E-state index is 10.9. The SMILES string of the molecule is C[C@H](CN)N1C(=O)COC1=O. The van der Waals surface area contributed by atoms with Gasteiger partial charge >= 0.3 is 6.09 Å². The topological polar surface area (TPSA) is 72.6 Å². The number of cyclic esters (lactones) is 1. The summed E-state index contributed by atoms with van der Waals surface area (Å²) in [5, 5.41) is 0. The minimum Gasteiger partial charge on any atom is -0.439 e. The quantitative estimate of drug-likeness (QED) is 0.577. The lowest BCUT2D eigenvalue weighted by Gasteiger charge is -2.17. The Kier molecular flexibility index (Phi) is 2.09. The van der Waals surface area contributed by atoms with E-state index >= 15 is 0 Å². The van der Waals surface area contributed by atoms with E-state index in [-0.39, 0.29) is 25.1 Å². The molecule has 0 bridgehead atoms. The highest BCUT2D eigenvalue weighted by Crippen LogP contribution is 2.08. The number of carbonyl (C=O) groups is 2. The Morgan fingerprint density at radius 3 is 2.73 bits per heavy atom. The van der Waals surface area contributed by atoms with Gasteiger partial charge in [-0.15, -0.1) is 0 Å². The molecule has 1 fully saturated rings. The molecular weight excluding hydrogens is 148 g/mol. The number of nitrogens with two attached hydrogens (primary N) is 1. The van der Waals surface area contributed by atoms with Gasteiger partial charge in [-0.2, -0.15) is 0 Å². The van der Waals surface area contributed by atoms with Crippen molar-refractivity contribution in [2.75, 3.05) is 13.2 Å². The predicted molar refractivity (Wildman–Crippen MR) is 36.7 cm³/mol. The monoisotopic (exact) mass is 158 g/mol. The van der Waals surface area contributed by atoms with Crippen LogP contribution in [0, 0.1) is 0 Å². The van der Waals surface area contributed by atoms with Gasteiger partial charge in [-0.05, 0) is 6.92 Å². The zero-order valence-corrected chi connectivity index (χ0v) is 6.24. The van der Waals surface area contributed by atoms with Crippen molar-refractivity contribution in [1.82, 2.24) is 4.90 Å². The first kappa shape index (κ1) is 8.00. The third kappa shape index (κ3) is 1.32. The van der Waals surface area contributed by atoms with E-state index in [1.165, 1.54) is 0 Å². The van der Waals surface area contributed by atoms with Gasteiger partial charge in [0.15, 0.2) is 6.61 Å². The molecular formula is C6H10N2O3. The smallest absolute Gasteiger partial charge is 0.417 e. The molecule has 1 saturated heterocycles. The zero-order valence-electron chi connectivity index (χ0n) is 6.24. The molecule has 2 amide bonds. The van der Waals surface area contributed by atoms with Crippen molar-refractivity contribution in [2.24, 2.45) is 5.73 Å². The summed E-state index contributed by atoms with van der Waals surface area (Å²) in [6.07, 6.45) is -0.590. The van der Waals surface area contributed by atoms with E-state index in [0.29, 0.717) is 0 Å². The van der Waals surface area contributed by atoms with E-state index < -0.39 is 6.09 Å². The highest BCUT2D eigenvalue weighted by atomic mass is 16.6. The fraction of sp³-hybridized carbons (Fsp3) is 0.667. The van der Waals surface area contributed by atoms with Crippen LogP contribution in [0.15, 0.2) is 0 Å². The van der Waals surface area contributed by atoms with Crippen molar-refractivity contribution in [1.29, 1.82) is 0 Å². The van der Waals surface area contributed by atoms with Crippen LogP contribution in [0.1, 0.15) is 6.92 Å². The highest BCUT2D eigenvalue weighted by molar-refractivity contribution is 5.98. The lowest BCUT2D eigenvalue weighted by Crippen LogP contribution is -2.41. The summed E-state index contributed by atoms with van der Waals surface area (Å²) in [5.74, 6) is -0.312. The van der Waals surface area contributed by atoms with Gasteiger partial charge in [0.1, 0.15) is 0 Å². The fourth-order valence-corrected chi connectivity index (χ4v) is 0.896. The van der Waals surface area contributed by atoms with E-state index in [4.69, 9.17) is 5.73 Å². The normalized spacial score (nSPS) is 20.4. The Balaban J connectivity index is 2.68. The van der Waals surface area contributed by atoms with Gasteiger partial charge in [-0.25, -0.2) is 9.69 Å². The van der Waals surface area contributed by atoms with Gasteiger partial charge in [0, 0.05) is 6.54 Å². The molecule has 2 N–H and O–H groups in total. The van der Waals surface area contributed by atoms with Crippen LogP contribution in [0.2, 0.25) is 0 Å². The van der Waals surface area contributed by atoms with Crippen molar-refractivity contribution < 1.29 is 14.3 Å². The fourth-order valence-electron chi connectivity index (χ4n) is 0.896. The summed E-state index contributed by atoms with van der Waals surface area (Å²) >= 11 is 0. The molecule has 0 spiro atoms. The van der Waals surface area contributed by atoms with Gasteiger partial charge in [0.2, 0.25) is 0 Å². The predicted octanol–water partition coefficient (Wildman–Crippen LogP) is -0.688. The molecule has 0 saturated carbocycles. The number of ether oxygens (including phenoxy) is 1. The summed E-state index contributed by atoms with van der Waals surface area (Å²) in [5.41, 5.74) is 5.27. The number of imide groups is 1. The van der Waals surface area contributed by atoms with Gasteiger partial charge in [0.25, 0.3) is 5.91 Å². The van der Waals surface area contributed by atoms with Crippen LogP contribution in [0.3, 0.4) is 0 Å². The molecule has 5 nitrogen and oxygen atoms in total. The van der Waals surface area contributed by atoms with Crippen LogP contribution in [-0.2, 0) is 9.53 Å². The van der Waals surface area contributed by atoms with Crippen molar-refractivity contribution in [3.05, 3.63) is 0 Å². The van der Waals surface area contributed by atoms with Crippen molar-refractivity contribution in [2.45, 2.75) is 13.0 Å². The number of hydrogen-bond acceptors (Lipinski definition) is 4. The lowest BCUT2D eigenvalue weighted by molar-refractivity contribution is -0.127. The molecule has 1 atom stereocenters. The van der Waals surface area contributed by atoms with Crippen molar-refractivity contribution >= 4 is 12.0 Å². The minimum absolute atomic E-state index is 0.150. The van der Waals surface area contributed by atoms with E-state index in [1.54, 1.807) is 6.92 Å². The Morgan fingerprint density at radius 2 is 2.36 bits per heavy atom. The van der Waals surface area contributed by atoms with Gasteiger partial charge < -0.3 is 10.5 Å². The van der Waals surface area contributed by atoms with E-state index in [0.717, 1.165) is 4.90 Å². The second-order valence-corrected chi connectivity index (χ2v) is 2.40. The standard InChI is InChI=1S/C6H10N2O3/c1-4(2-7)8-5(9)3-11-6(8)10/h4H,2-3,7H2,1H3/t4-/m1/s1. The molecule has 11 heavy (non-hydrogen) atoms. The number of hydrogen-bond donors (Lipinski definition) is 1. The largest absolute Gasteiger partial charge is 0.439 e. The first-order chi connectivity index (χ1) is 5.16. The maximum Gasteiger partial charge on any atom is 0.417 e. The zero-order chi connectivity index (χ0) is 8.43. The van der Waals surface area contributed by atoms with Crippen LogP contribution in [-0.4, -0.2) is 36.1 Å². The Hall–Kier alpha value is -1.10. The highest BCUT2D eigenvalue weighted by Gasteiger charge is 2.34. The summed E-state index contributed by atoms with van der Waals surface area (Å²) < 4.78 is 4.48. The van der Waals surface area contributed by atoms with Gasteiger partial charge in [-0.1, -0.05) is 0 Å². The van der Waals surface area contributed by atoms with Crippen LogP contribution in [0.25, 0.3) is 0 Å². The molecule has 0 aromatic carbocycles. The molecule has 0 unspecified atom stereocenters. The molecule has 62 valence electrons. The molecule has 1 rings (SSSR count). The molecule has 1 heterocycles. The molecule has 0 aliphatic carbocycles. The van der Waals surface area contributed by atoms with Crippen LogP contribution in [0.5, 0.6) is 0 Å². The Labute approximate surface area is 64.1 Å². The average molecular weight is 158 g/mol. The summed E-state index contributed by atoms with van der Waals surface area (Å²) in [6, 6.07) is -0.266. The summed E-state index contributed by atoms with van der Waals surface area (Å²) in [4.78, 5) is 22.8. The number of amides is 2. The second kappa shape index (κ2) is 2.87. The van der Waals surface area contributed by atoms with E-state index in [1.807, 2.05) is 0 Å². The molecule has 0 aromatic rings. The van der Waals surface area contributed by atoms with E-state index in [9.17, 15) is 9.59 Å². The number of rotatable bonds is 2. The first-order valence-corrected chi connectivity index (χ1v) is 3.35. The molecule has 0 aromatic heterocycles. The van der Waals surface area contributed by atoms with E-state index in [2.05, 4.69) is 4.74 Å². The van der Waals surface area contributed by atoms with Crippen molar-refractivity contribution in [3.63, 3.8) is 0 Å². The van der Waals surface area contributed by atoms with Crippen LogP contribution < -0.4 is 5.73 Å². The third-order valence-electron chi connectivity index (χ3n) is 1.57. The molecule has 0 radical (unpaired) electrons. The van der Waals surface area contributed by atoms with Gasteiger partial charge in [0.05, 0.1) is 6.04 Å². The Morgan fingerprint density at radius 1 is 1.73 bits per heavy atom. The maximum atomic E-state index is 10.9. The number of nitrogens with zero attached hydrogens (tertiary/aromatic N) is 1. The lowest BCUT2D eigenvalue weighted by atomic mass is 10.3. The second-order valence-electron chi connectivity index (χ2n) is 2.40. The average Bonchev–Trinajstić information content (AvgIpc) is 2.30. The Bertz CT molecular complexity index is 176. The first-order valence-electron chi connectivity index (χ1n) is 3.35.